The summed E-state index contributed by atoms with van der Waals surface area (Å²) in [6.45, 7) is 4.34. The summed E-state index contributed by atoms with van der Waals surface area (Å²) < 4.78 is 46.7. The molecule has 2 aromatic carbocycles. The number of hydrogen-bond acceptors (Lipinski definition) is 3. The number of carbonyl (C=O) groups is 1. The lowest BCUT2D eigenvalue weighted by molar-refractivity contribution is -0.137. The van der Waals surface area contributed by atoms with Gasteiger partial charge in [0, 0.05) is 10.9 Å². The van der Waals surface area contributed by atoms with Crippen LogP contribution in [0.1, 0.15) is 35.3 Å². The largest absolute Gasteiger partial charge is 0.493 e. The summed E-state index contributed by atoms with van der Waals surface area (Å²) in [5, 5.41) is 13.9. The zero-order valence-electron chi connectivity index (χ0n) is 15.3. The number of hydrogen-bond donors (Lipinski definition) is 1. The molecule has 3 rings (SSSR count). The highest BCUT2D eigenvalue weighted by atomic mass is 19.4. The van der Waals surface area contributed by atoms with Gasteiger partial charge >= 0.3 is 12.1 Å². The van der Waals surface area contributed by atoms with Crippen molar-refractivity contribution in [2.45, 2.75) is 26.6 Å². The van der Waals surface area contributed by atoms with Crippen molar-refractivity contribution in [2.24, 2.45) is 5.92 Å². The van der Waals surface area contributed by atoms with E-state index in [0.717, 1.165) is 12.1 Å². The molecule has 0 spiro atoms. The van der Waals surface area contributed by atoms with E-state index in [1.807, 2.05) is 13.8 Å². The molecule has 8 heteroatoms. The minimum Gasteiger partial charge on any atom is -0.493 e. The number of fused-ring (bicyclic) bond motifs is 1. The molecule has 0 radical (unpaired) electrons. The van der Waals surface area contributed by atoms with Crippen LogP contribution >= 0.6 is 0 Å². The smallest absolute Gasteiger partial charge is 0.416 e. The lowest BCUT2D eigenvalue weighted by Gasteiger charge is -2.16. The third kappa shape index (κ3) is 4.27. The molecule has 0 unspecified atom stereocenters. The van der Waals surface area contributed by atoms with Crippen molar-refractivity contribution in [1.29, 1.82) is 0 Å². The number of halogens is 3. The zero-order chi connectivity index (χ0) is 20.5. The Balaban J connectivity index is 1.99. The molecule has 0 aliphatic heterocycles. The van der Waals surface area contributed by atoms with Crippen molar-refractivity contribution in [3.05, 3.63) is 59.3 Å². The number of nitrogens with zero attached hydrogens (tertiary/aromatic N) is 2. The number of aromatic nitrogens is 2. The third-order valence-electron chi connectivity index (χ3n) is 4.17. The maximum absolute atomic E-state index is 13.1. The van der Waals surface area contributed by atoms with Crippen LogP contribution in [-0.2, 0) is 12.7 Å². The summed E-state index contributed by atoms with van der Waals surface area (Å²) >= 11 is 0. The molecule has 1 heterocycles. The molecule has 5 nitrogen and oxygen atoms in total. The Morgan fingerprint density at radius 2 is 1.96 bits per heavy atom. The number of benzene rings is 2. The van der Waals surface area contributed by atoms with Gasteiger partial charge in [-0.2, -0.15) is 18.3 Å². The summed E-state index contributed by atoms with van der Waals surface area (Å²) in [6.07, 6.45) is -2.97. The van der Waals surface area contributed by atoms with E-state index in [4.69, 9.17) is 9.84 Å². The normalized spacial score (nSPS) is 11.9. The highest BCUT2D eigenvalue weighted by Crippen LogP contribution is 2.33. The van der Waals surface area contributed by atoms with Gasteiger partial charge in [-0.05, 0) is 42.3 Å². The van der Waals surface area contributed by atoms with Gasteiger partial charge in [0.25, 0.3) is 0 Å². The molecule has 0 atom stereocenters. The van der Waals surface area contributed by atoms with Crippen LogP contribution < -0.4 is 4.74 Å². The van der Waals surface area contributed by atoms with Gasteiger partial charge in [0.05, 0.1) is 36.0 Å². The van der Waals surface area contributed by atoms with Crippen LogP contribution in [0.4, 0.5) is 13.2 Å². The second-order valence-electron chi connectivity index (χ2n) is 6.91. The van der Waals surface area contributed by atoms with Crippen molar-refractivity contribution < 1.29 is 27.8 Å². The average molecular weight is 392 g/mol. The Bertz CT molecular complexity index is 1010. The molecule has 1 aromatic heterocycles. The van der Waals surface area contributed by atoms with Crippen molar-refractivity contribution in [3.8, 4) is 5.75 Å². The number of rotatable bonds is 6. The summed E-state index contributed by atoms with van der Waals surface area (Å²) in [7, 11) is 0. The predicted molar refractivity (Wildman–Crippen MR) is 97.6 cm³/mol. The van der Waals surface area contributed by atoms with E-state index < -0.39 is 17.7 Å². The topological polar surface area (TPSA) is 64.4 Å². The van der Waals surface area contributed by atoms with E-state index in [-0.39, 0.29) is 18.0 Å². The van der Waals surface area contributed by atoms with Crippen molar-refractivity contribution in [1.82, 2.24) is 9.78 Å². The molecular formula is C20H19F3N2O3. The average Bonchev–Trinajstić information content (AvgIpc) is 3.01. The Hall–Kier alpha value is -3.03. The van der Waals surface area contributed by atoms with Gasteiger partial charge in [-0.25, -0.2) is 4.79 Å². The van der Waals surface area contributed by atoms with Crippen LogP contribution in [0.3, 0.4) is 0 Å². The number of aromatic carboxylic acids is 1. The van der Waals surface area contributed by atoms with E-state index in [9.17, 15) is 18.0 Å². The van der Waals surface area contributed by atoms with Gasteiger partial charge in [-0.3, -0.25) is 4.68 Å². The van der Waals surface area contributed by atoms with Gasteiger partial charge in [-0.1, -0.05) is 13.8 Å². The van der Waals surface area contributed by atoms with Gasteiger partial charge < -0.3 is 9.84 Å². The Kier molecular flexibility index (Phi) is 5.31. The molecule has 0 aliphatic carbocycles. The van der Waals surface area contributed by atoms with Crippen LogP contribution in [0.2, 0.25) is 0 Å². The number of alkyl halides is 3. The second kappa shape index (κ2) is 7.53. The van der Waals surface area contributed by atoms with Crippen LogP contribution in [0.25, 0.3) is 10.9 Å². The Morgan fingerprint density at radius 3 is 2.61 bits per heavy atom. The van der Waals surface area contributed by atoms with Gasteiger partial charge in [0.2, 0.25) is 0 Å². The Morgan fingerprint density at radius 1 is 1.21 bits per heavy atom. The van der Waals surface area contributed by atoms with Crippen molar-refractivity contribution >= 4 is 16.9 Å². The maximum Gasteiger partial charge on any atom is 0.416 e. The minimum absolute atomic E-state index is 0.0628. The molecule has 0 saturated heterocycles. The van der Waals surface area contributed by atoms with Crippen LogP contribution in [0.5, 0.6) is 5.75 Å². The van der Waals surface area contributed by atoms with Crippen LogP contribution in [0.15, 0.2) is 42.6 Å². The number of carboxylic acid groups (broad SMARTS) is 1. The first-order valence-electron chi connectivity index (χ1n) is 8.67. The molecule has 28 heavy (non-hydrogen) atoms. The van der Waals surface area contributed by atoms with E-state index >= 15 is 0 Å². The van der Waals surface area contributed by atoms with Crippen molar-refractivity contribution in [2.75, 3.05) is 6.61 Å². The standard InChI is InChI=1S/C20H19F3N2O3/c1-12(2)11-28-18-6-4-16(20(21,22)23)8-15(18)10-25-17-5-3-13(19(26)27)7-14(17)9-24-25/h3-9,12H,10-11H2,1-2H3,(H,26,27). The van der Waals surface area contributed by atoms with E-state index in [1.54, 1.807) is 6.07 Å². The monoisotopic (exact) mass is 392 g/mol. The van der Waals surface area contributed by atoms with Gasteiger partial charge in [0.15, 0.2) is 0 Å². The van der Waals surface area contributed by atoms with E-state index in [0.29, 0.717) is 28.8 Å². The maximum atomic E-state index is 13.1. The lowest BCUT2D eigenvalue weighted by Crippen LogP contribution is -2.11. The zero-order valence-corrected chi connectivity index (χ0v) is 15.3. The second-order valence-corrected chi connectivity index (χ2v) is 6.91. The first kappa shape index (κ1) is 19.7. The lowest BCUT2D eigenvalue weighted by atomic mass is 10.1. The molecule has 1 N–H and O–H groups in total. The van der Waals surface area contributed by atoms with E-state index in [2.05, 4.69) is 5.10 Å². The van der Waals surface area contributed by atoms with Gasteiger partial charge in [0.1, 0.15) is 5.75 Å². The summed E-state index contributed by atoms with van der Waals surface area (Å²) in [5.41, 5.74) is 0.330. The minimum atomic E-state index is -4.46. The molecular weight excluding hydrogens is 373 g/mol. The SMILES string of the molecule is CC(C)COc1ccc(C(F)(F)F)cc1Cn1ncc2cc(C(=O)O)ccc21. The summed E-state index contributed by atoms with van der Waals surface area (Å²) in [6, 6.07) is 7.89. The predicted octanol–water partition coefficient (Wildman–Crippen LogP) is 4.84. The molecule has 0 aliphatic rings. The molecule has 0 saturated carbocycles. The van der Waals surface area contributed by atoms with Crippen molar-refractivity contribution in [3.63, 3.8) is 0 Å². The molecule has 0 amide bonds. The first-order chi connectivity index (χ1) is 13.1. The molecule has 148 valence electrons. The van der Waals surface area contributed by atoms with Crippen LogP contribution in [-0.4, -0.2) is 27.5 Å². The fraction of sp³-hybridized carbons (Fsp3) is 0.300. The Labute approximate surface area is 159 Å². The third-order valence-corrected chi connectivity index (χ3v) is 4.17. The highest BCUT2D eigenvalue weighted by Gasteiger charge is 2.31. The van der Waals surface area contributed by atoms with Crippen LogP contribution in [0, 0.1) is 5.92 Å². The first-order valence-corrected chi connectivity index (χ1v) is 8.67. The summed E-state index contributed by atoms with van der Waals surface area (Å²) in [5.74, 6) is -0.473. The highest BCUT2D eigenvalue weighted by molar-refractivity contribution is 5.93. The molecule has 3 aromatic rings. The fourth-order valence-corrected chi connectivity index (χ4v) is 2.78. The van der Waals surface area contributed by atoms with Gasteiger partial charge in [-0.15, -0.1) is 0 Å². The van der Waals surface area contributed by atoms with E-state index in [1.165, 1.54) is 29.1 Å². The quantitative estimate of drug-likeness (QED) is 0.652. The molecule has 0 bridgehead atoms. The number of ether oxygens (including phenoxy) is 1. The number of carboxylic acids is 1. The summed E-state index contributed by atoms with van der Waals surface area (Å²) in [4.78, 5) is 11.1. The molecule has 0 fully saturated rings. The fourth-order valence-electron chi connectivity index (χ4n) is 2.78.